The molecule has 2 amide bonds. The molecule has 1 N–H and O–H groups in total. The van der Waals surface area contributed by atoms with Gasteiger partial charge in [-0.3, -0.25) is 14.4 Å². The summed E-state index contributed by atoms with van der Waals surface area (Å²) in [5.74, 6) is 0.547. The van der Waals surface area contributed by atoms with Crippen LogP contribution in [0.3, 0.4) is 0 Å². The Morgan fingerprint density at radius 1 is 1.37 bits per heavy atom. The van der Waals surface area contributed by atoms with Gasteiger partial charge in [0.05, 0.1) is 17.3 Å². The Labute approximate surface area is 115 Å². The van der Waals surface area contributed by atoms with Crippen molar-refractivity contribution in [3.05, 3.63) is 29.8 Å². The van der Waals surface area contributed by atoms with E-state index in [1.807, 2.05) is 0 Å². The molecule has 0 saturated carbocycles. The van der Waals surface area contributed by atoms with Crippen LogP contribution < -0.4 is 5.32 Å². The summed E-state index contributed by atoms with van der Waals surface area (Å²) in [5, 5.41) is 2.68. The highest BCUT2D eigenvalue weighted by Crippen LogP contribution is 2.17. The van der Waals surface area contributed by atoms with E-state index in [1.54, 1.807) is 24.3 Å². The highest BCUT2D eigenvalue weighted by molar-refractivity contribution is 8.00. The fourth-order valence-electron chi connectivity index (χ4n) is 1.80. The number of thioether (sulfide) groups is 1. The Bertz CT molecular complexity index is 530. The Morgan fingerprint density at radius 3 is 2.74 bits per heavy atom. The van der Waals surface area contributed by atoms with Gasteiger partial charge >= 0.3 is 0 Å². The molecule has 100 valence electrons. The largest absolute Gasteiger partial charge is 0.324 e. The van der Waals surface area contributed by atoms with Gasteiger partial charge in [-0.05, 0) is 19.1 Å². The maximum Gasteiger partial charge on any atom is 0.244 e. The molecule has 0 unspecified atom stereocenters. The number of nitrogens with zero attached hydrogens (tertiary/aromatic N) is 1. The third kappa shape index (κ3) is 3.35. The number of Topliss-reactive ketones (excluding diaryl/α,β-unsaturated/α-hetero) is 1. The molecule has 0 radical (unpaired) electrons. The predicted molar refractivity (Wildman–Crippen MR) is 74.1 cm³/mol. The van der Waals surface area contributed by atoms with Gasteiger partial charge in [0.2, 0.25) is 11.8 Å². The number of carbonyl (C=O) groups excluding carboxylic acids is 3. The molecule has 5 nitrogen and oxygen atoms in total. The third-order valence-corrected chi connectivity index (χ3v) is 3.69. The number of hydrogen-bond acceptors (Lipinski definition) is 4. The first-order valence-corrected chi connectivity index (χ1v) is 6.98. The first-order chi connectivity index (χ1) is 9.08. The Balaban J connectivity index is 2.03. The van der Waals surface area contributed by atoms with E-state index in [2.05, 4.69) is 5.32 Å². The summed E-state index contributed by atoms with van der Waals surface area (Å²) in [6.45, 7) is 1.48. The second kappa shape index (κ2) is 5.88. The topological polar surface area (TPSA) is 66.5 Å². The predicted octanol–water partition coefficient (Wildman–Crippen LogP) is 1.36. The zero-order valence-corrected chi connectivity index (χ0v) is 11.3. The summed E-state index contributed by atoms with van der Waals surface area (Å²) in [7, 11) is 0. The van der Waals surface area contributed by atoms with Gasteiger partial charge in [-0.1, -0.05) is 12.1 Å². The van der Waals surface area contributed by atoms with Gasteiger partial charge in [0.15, 0.2) is 5.78 Å². The maximum absolute atomic E-state index is 11.9. The van der Waals surface area contributed by atoms with Crippen molar-refractivity contribution in [2.45, 2.75) is 6.92 Å². The quantitative estimate of drug-likeness (QED) is 0.845. The van der Waals surface area contributed by atoms with Crippen LogP contribution in [-0.2, 0) is 9.59 Å². The van der Waals surface area contributed by atoms with E-state index in [-0.39, 0.29) is 24.1 Å². The van der Waals surface area contributed by atoms with Crippen molar-refractivity contribution in [2.24, 2.45) is 0 Å². The number of rotatable bonds is 4. The molecule has 2 rings (SSSR count). The summed E-state index contributed by atoms with van der Waals surface area (Å²) in [5.41, 5.74) is 0.956. The van der Waals surface area contributed by atoms with Gasteiger partial charge < -0.3 is 10.2 Å². The number of carbonyl (C=O) groups is 3. The maximum atomic E-state index is 11.9. The average molecular weight is 278 g/mol. The van der Waals surface area contributed by atoms with Crippen molar-refractivity contribution in [3.63, 3.8) is 0 Å². The molecule has 19 heavy (non-hydrogen) atoms. The molecular formula is C13H14N2O3S. The Morgan fingerprint density at radius 2 is 2.11 bits per heavy atom. The summed E-state index contributed by atoms with van der Waals surface area (Å²) < 4.78 is 0. The number of ketones is 1. The second-order valence-corrected chi connectivity index (χ2v) is 5.17. The third-order valence-electron chi connectivity index (χ3n) is 2.74. The van der Waals surface area contributed by atoms with Crippen molar-refractivity contribution >= 4 is 35.0 Å². The molecule has 0 atom stereocenters. The van der Waals surface area contributed by atoms with E-state index in [0.29, 0.717) is 22.9 Å². The molecule has 1 aliphatic heterocycles. The van der Waals surface area contributed by atoms with Gasteiger partial charge in [0, 0.05) is 5.56 Å². The average Bonchev–Trinajstić information content (AvgIpc) is 2.75. The number of para-hydroxylation sites is 1. The van der Waals surface area contributed by atoms with Crippen LogP contribution in [-0.4, -0.2) is 40.7 Å². The van der Waals surface area contributed by atoms with Crippen LogP contribution in [0, 0.1) is 0 Å². The summed E-state index contributed by atoms with van der Waals surface area (Å²) in [6.07, 6.45) is 0. The lowest BCUT2D eigenvalue weighted by atomic mass is 10.1. The molecular weight excluding hydrogens is 264 g/mol. The second-order valence-electron chi connectivity index (χ2n) is 4.22. The van der Waals surface area contributed by atoms with Crippen molar-refractivity contribution < 1.29 is 14.4 Å². The summed E-state index contributed by atoms with van der Waals surface area (Å²) in [6, 6.07) is 6.83. The number of nitrogens with one attached hydrogen (secondary N) is 1. The molecule has 1 aliphatic rings. The first kappa shape index (κ1) is 13.6. The fourth-order valence-corrected chi connectivity index (χ4v) is 2.71. The molecule has 0 aliphatic carbocycles. The van der Waals surface area contributed by atoms with Crippen LogP contribution >= 0.6 is 11.8 Å². The van der Waals surface area contributed by atoms with Crippen LogP contribution in [0.25, 0.3) is 0 Å². The SMILES string of the molecule is CC(=O)c1ccccc1NC(=O)CN1CSCC1=O. The normalized spacial score (nSPS) is 14.6. The number of anilines is 1. The van der Waals surface area contributed by atoms with Gasteiger partial charge in [-0.15, -0.1) is 11.8 Å². The molecule has 1 saturated heterocycles. The minimum Gasteiger partial charge on any atom is -0.324 e. The zero-order chi connectivity index (χ0) is 13.8. The number of benzene rings is 1. The number of amides is 2. The lowest BCUT2D eigenvalue weighted by Gasteiger charge is -2.15. The van der Waals surface area contributed by atoms with Crippen molar-refractivity contribution in [1.82, 2.24) is 4.90 Å². The van der Waals surface area contributed by atoms with Gasteiger partial charge in [0.1, 0.15) is 6.54 Å². The molecule has 1 aromatic carbocycles. The first-order valence-electron chi connectivity index (χ1n) is 5.83. The summed E-state index contributed by atoms with van der Waals surface area (Å²) in [4.78, 5) is 36.2. The molecule has 1 fully saturated rings. The highest BCUT2D eigenvalue weighted by Gasteiger charge is 2.23. The standard InChI is InChI=1S/C13H14N2O3S/c1-9(16)10-4-2-3-5-11(10)14-12(17)6-15-8-19-7-13(15)18/h2-5H,6-8H2,1H3,(H,14,17). The van der Waals surface area contributed by atoms with Gasteiger partial charge in [-0.2, -0.15) is 0 Å². The Hall–Kier alpha value is -1.82. The number of hydrogen-bond donors (Lipinski definition) is 1. The van der Waals surface area contributed by atoms with E-state index in [1.165, 1.54) is 23.6 Å². The van der Waals surface area contributed by atoms with Crippen LogP contribution in [0.2, 0.25) is 0 Å². The smallest absolute Gasteiger partial charge is 0.244 e. The van der Waals surface area contributed by atoms with Crippen LogP contribution in [0.1, 0.15) is 17.3 Å². The van der Waals surface area contributed by atoms with E-state index in [4.69, 9.17) is 0 Å². The van der Waals surface area contributed by atoms with E-state index in [9.17, 15) is 14.4 Å². The van der Waals surface area contributed by atoms with E-state index >= 15 is 0 Å². The van der Waals surface area contributed by atoms with Gasteiger partial charge in [0.25, 0.3) is 0 Å². The lowest BCUT2D eigenvalue weighted by Crippen LogP contribution is -2.34. The van der Waals surface area contributed by atoms with Crippen LogP contribution in [0.15, 0.2) is 24.3 Å². The van der Waals surface area contributed by atoms with Crippen molar-refractivity contribution in [3.8, 4) is 0 Å². The van der Waals surface area contributed by atoms with E-state index in [0.717, 1.165) is 0 Å². The minimum absolute atomic E-state index is 0.0259. The van der Waals surface area contributed by atoms with Crippen LogP contribution in [0.4, 0.5) is 5.69 Å². The molecule has 1 heterocycles. The molecule has 0 spiro atoms. The molecule has 1 aromatic rings. The van der Waals surface area contributed by atoms with Gasteiger partial charge in [-0.25, -0.2) is 0 Å². The van der Waals surface area contributed by atoms with Crippen molar-refractivity contribution in [1.29, 1.82) is 0 Å². The fraction of sp³-hybridized carbons (Fsp3) is 0.308. The molecule has 0 bridgehead atoms. The Kier molecular flexibility index (Phi) is 4.21. The molecule has 6 heteroatoms. The highest BCUT2D eigenvalue weighted by atomic mass is 32.2. The molecule has 0 aromatic heterocycles. The van der Waals surface area contributed by atoms with E-state index < -0.39 is 0 Å². The zero-order valence-electron chi connectivity index (χ0n) is 10.5. The van der Waals surface area contributed by atoms with Crippen LogP contribution in [0.5, 0.6) is 0 Å². The monoisotopic (exact) mass is 278 g/mol. The lowest BCUT2D eigenvalue weighted by molar-refractivity contribution is -0.130. The van der Waals surface area contributed by atoms with Crippen molar-refractivity contribution in [2.75, 3.05) is 23.5 Å². The summed E-state index contributed by atoms with van der Waals surface area (Å²) >= 11 is 1.49. The minimum atomic E-state index is -0.287.